The molecular formula is C21H20ClNO. The molecule has 0 atom stereocenters. The van der Waals surface area contributed by atoms with E-state index in [1.54, 1.807) is 7.11 Å². The molecular weight excluding hydrogens is 318 g/mol. The number of halogens is 1. The van der Waals surface area contributed by atoms with E-state index < -0.39 is 0 Å². The first-order chi connectivity index (χ1) is 11.8. The van der Waals surface area contributed by atoms with Crippen LogP contribution in [0.2, 0.25) is 5.02 Å². The van der Waals surface area contributed by atoms with Gasteiger partial charge >= 0.3 is 0 Å². The summed E-state index contributed by atoms with van der Waals surface area (Å²) in [5, 5.41) is 4.21. The maximum Gasteiger partial charge on any atom is 0.131 e. The van der Waals surface area contributed by atoms with E-state index in [-0.39, 0.29) is 0 Å². The average molecular weight is 338 g/mol. The summed E-state index contributed by atoms with van der Waals surface area (Å²) < 4.78 is 5.69. The molecule has 3 aromatic rings. The van der Waals surface area contributed by atoms with E-state index >= 15 is 0 Å². The Morgan fingerprint density at radius 2 is 1.58 bits per heavy atom. The molecule has 24 heavy (non-hydrogen) atoms. The molecule has 3 heteroatoms. The van der Waals surface area contributed by atoms with Crippen molar-refractivity contribution in [3.63, 3.8) is 0 Å². The minimum Gasteiger partial charge on any atom is -0.496 e. The highest BCUT2D eigenvalue weighted by Gasteiger charge is 2.10. The molecule has 0 aliphatic heterocycles. The Morgan fingerprint density at radius 3 is 2.29 bits per heavy atom. The van der Waals surface area contributed by atoms with Gasteiger partial charge in [0, 0.05) is 29.2 Å². The highest BCUT2D eigenvalue weighted by atomic mass is 35.5. The molecule has 0 aliphatic rings. The smallest absolute Gasteiger partial charge is 0.131 e. The van der Waals surface area contributed by atoms with Gasteiger partial charge in [-0.2, -0.15) is 0 Å². The molecule has 0 amide bonds. The number of rotatable bonds is 6. The van der Waals surface area contributed by atoms with Gasteiger partial charge in [-0.05, 0) is 23.3 Å². The van der Waals surface area contributed by atoms with Crippen LogP contribution in [0.3, 0.4) is 0 Å². The van der Waals surface area contributed by atoms with Crippen molar-refractivity contribution in [1.82, 2.24) is 5.32 Å². The lowest BCUT2D eigenvalue weighted by Crippen LogP contribution is -2.13. The normalized spacial score (nSPS) is 10.6. The number of methoxy groups -OCH3 is 1. The van der Waals surface area contributed by atoms with Crippen LogP contribution in [0.15, 0.2) is 72.8 Å². The third-order valence-electron chi connectivity index (χ3n) is 3.94. The van der Waals surface area contributed by atoms with Gasteiger partial charge in [0.25, 0.3) is 0 Å². The topological polar surface area (TPSA) is 21.3 Å². The molecule has 0 fully saturated rings. The van der Waals surface area contributed by atoms with Crippen LogP contribution in [-0.2, 0) is 13.1 Å². The van der Waals surface area contributed by atoms with Gasteiger partial charge in [-0.3, -0.25) is 0 Å². The quantitative estimate of drug-likeness (QED) is 0.658. The first-order valence-corrected chi connectivity index (χ1v) is 8.32. The first-order valence-electron chi connectivity index (χ1n) is 7.94. The molecule has 122 valence electrons. The average Bonchev–Trinajstić information content (AvgIpc) is 2.63. The molecule has 0 aliphatic carbocycles. The van der Waals surface area contributed by atoms with Crippen molar-refractivity contribution in [3.8, 4) is 16.9 Å². The molecule has 0 saturated carbocycles. The van der Waals surface area contributed by atoms with E-state index in [2.05, 4.69) is 47.8 Å². The van der Waals surface area contributed by atoms with Crippen LogP contribution in [0.4, 0.5) is 0 Å². The molecule has 0 radical (unpaired) electrons. The Kier molecular flexibility index (Phi) is 5.52. The first kappa shape index (κ1) is 16.6. The molecule has 0 saturated heterocycles. The van der Waals surface area contributed by atoms with E-state index in [9.17, 15) is 0 Å². The molecule has 0 bridgehead atoms. The monoisotopic (exact) mass is 337 g/mol. The third-order valence-corrected chi connectivity index (χ3v) is 4.20. The zero-order valence-corrected chi connectivity index (χ0v) is 14.4. The summed E-state index contributed by atoms with van der Waals surface area (Å²) >= 11 is 5.99. The molecule has 0 spiro atoms. The predicted octanol–water partition coefficient (Wildman–Crippen LogP) is 5.31. The van der Waals surface area contributed by atoms with Crippen molar-refractivity contribution in [2.75, 3.05) is 7.11 Å². The molecule has 0 unspecified atom stereocenters. The Morgan fingerprint density at radius 1 is 0.833 bits per heavy atom. The zero-order valence-electron chi connectivity index (χ0n) is 13.6. The van der Waals surface area contributed by atoms with Crippen molar-refractivity contribution in [3.05, 3.63) is 88.9 Å². The van der Waals surface area contributed by atoms with Gasteiger partial charge in [-0.1, -0.05) is 72.3 Å². The Hall–Kier alpha value is -2.29. The largest absolute Gasteiger partial charge is 0.496 e. The van der Waals surface area contributed by atoms with Gasteiger partial charge < -0.3 is 10.1 Å². The van der Waals surface area contributed by atoms with Crippen molar-refractivity contribution < 1.29 is 4.74 Å². The van der Waals surface area contributed by atoms with Gasteiger partial charge in [0.15, 0.2) is 0 Å². The van der Waals surface area contributed by atoms with Gasteiger partial charge in [-0.15, -0.1) is 0 Å². The maximum absolute atomic E-state index is 5.99. The third kappa shape index (κ3) is 3.97. The number of hydrogen-bond acceptors (Lipinski definition) is 2. The molecule has 0 aromatic heterocycles. The van der Waals surface area contributed by atoms with E-state index in [1.807, 2.05) is 30.3 Å². The second-order valence-corrected chi connectivity index (χ2v) is 6.03. The number of nitrogens with one attached hydrogen (secondary N) is 1. The minimum absolute atomic E-state index is 0.735. The molecule has 2 nitrogen and oxygen atoms in total. The fraction of sp³-hybridized carbons (Fsp3) is 0.143. The van der Waals surface area contributed by atoms with Crippen LogP contribution in [0.1, 0.15) is 11.1 Å². The second-order valence-electron chi connectivity index (χ2n) is 5.59. The molecule has 1 N–H and O–H groups in total. The Balaban J connectivity index is 1.78. The number of ether oxygens (including phenoxy) is 1. The lowest BCUT2D eigenvalue weighted by atomic mass is 10.0. The molecule has 3 aromatic carbocycles. The number of para-hydroxylation sites is 1. The second kappa shape index (κ2) is 8.00. The van der Waals surface area contributed by atoms with Crippen molar-refractivity contribution in [2.45, 2.75) is 13.1 Å². The Labute approximate surface area is 148 Å². The standard InChI is InChI=1S/C21H20ClNO/c1-24-21-18(15-23-14-16-6-3-2-4-7-16)8-5-9-20(21)17-10-12-19(22)13-11-17/h2-13,23H,14-15H2,1H3. The van der Waals surface area contributed by atoms with Crippen LogP contribution in [-0.4, -0.2) is 7.11 Å². The highest BCUT2D eigenvalue weighted by molar-refractivity contribution is 6.30. The fourth-order valence-corrected chi connectivity index (χ4v) is 2.89. The van der Waals surface area contributed by atoms with Gasteiger partial charge in [-0.25, -0.2) is 0 Å². The number of hydrogen-bond donors (Lipinski definition) is 1. The SMILES string of the molecule is COc1c(CNCc2ccccc2)cccc1-c1ccc(Cl)cc1. The van der Waals surface area contributed by atoms with Crippen LogP contribution in [0.25, 0.3) is 11.1 Å². The van der Waals surface area contributed by atoms with Gasteiger partial charge in [0.2, 0.25) is 0 Å². The van der Waals surface area contributed by atoms with Crippen LogP contribution >= 0.6 is 11.6 Å². The van der Waals surface area contributed by atoms with E-state index in [0.29, 0.717) is 0 Å². The summed E-state index contributed by atoms with van der Waals surface area (Å²) in [6.45, 7) is 1.58. The summed E-state index contributed by atoms with van der Waals surface area (Å²) in [4.78, 5) is 0. The van der Waals surface area contributed by atoms with Crippen molar-refractivity contribution in [2.24, 2.45) is 0 Å². The van der Waals surface area contributed by atoms with E-state index in [0.717, 1.165) is 40.6 Å². The number of benzene rings is 3. The summed E-state index contributed by atoms with van der Waals surface area (Å²) in [7, 11) is 1.72. The lowest BCUT2D eigenvalue weighted by molar-refractivity contribution is 0.409. The summed E-state index contributed by atoms with van der Waals surface area (Å²) in [5.41, 5.74) is 4.58. The van der Waals surface area contributed by atoms with E-state index in [1.165, 1.54) is 5.56 Å². The van der Waals surface area contributed by atoms with E-state index in [4.69, 9.17) is 16.3 Å². The van der Waals surface area contributed by atoms with Crippen LogP contribution in [0, 0.1) is 0 Å². The minimum atomic E-state index is 0.735. The van der Waals surface area contributed by atoms with Crippen LogP contribution in [0.5, 0.6) is 5.75 Å². The lowest BCUT2D eigenvalue weighted by Gasteiger charge is -2.14. The summed E-state index contributed by atoms with van der Waals surface area (Å²) in [5.74, 6) is 0.903. The maximum atomic E-state index is 5.99. The predicted molar refractivity (Wildman–Crippen MR) is 100 cm³/mol. The fourth-order valence-electron chi connectivity index (χ4n) is 2.76. The molecule has 0 heterocycles. The highest BCUT2D eigenvalue weighted by Crippen LogP contribution is 2.33. The Bertz CT molecular complexity index is 785. The summed E-state index contributed by atoms with van der Waals surface area (Å²) in [6.07, 6.45) is 0. The zero-order chi connectivity index (χ0) is 16.8. The van der Waals surface area contributed by atoms with Crippen molar-refractivity contribution in [1.29, 1.82) is 0 Å². The van der Waals surface area contributed by atoms with Gasteiger partial charge in [0.05, 0.1) is 7.11 Å². The van der Waals surface area contributed by atoms with Crippen molar-refractivity contribution >= 4 is 11.6 Å². The molecule has 3 rings (SSSR count). The van der Waals surface area contributed by atoms with Gasteiger partial charge in [0.1, 0.15) is 5.75 Å². The van der Waals surface area contributed by atoms with Crippen LogP contribution < -0.4 is 10.1 Å². The summed E-state index contributed by atoms with van der Waals surface area (Å²) in [6, 6.07) is 24.4.